The number of aliphatic carboxylic acids is 3. The second-order valence-electron chi connectivity index (χ2n) is 2.11. The van der Waals surface area contributed by atoms with Crippen molar-refractivity contribution in [3.63, 3.8) is 0 Å². The molecule has 0 aromatic carbocycles. The molecule has 74 valence electrons. The monoisotopic (exact) mass is 308 g/mol. The summed E-state index contributed by atoms with van der Waals surface area (Å²) in [5.41, 5.74) is -3.75. The van der Waals surface area contributed by atoms with Gasteiger partial charge in [-0.1, -0.05) is 0 Å². The molecule has 16 heavy (non-hydrogen) atoms. The Kier molecular flexibility index (Phi) is 17.9. The van der Waals surface area contributed by atoms with Crippen molar-refractivity contribution in [2.24, 2.45) is 0 Å². The summed E-state index contributed by atoms with van der Waals surface area (Å²) >= 11 is 0. The minimum atomic E-state index is -3.81. The van der Waals surface area contributed by atoms with Crippen molar-refractivity contribution in [1.82, 2.24) is 0 Å². The zero-order chi connectivity index (χ0) is 12.4. The minimum Gasteiger partial charge on any atom is -0.550 e. The molecular formula is C6H5K3O7. The van der Waals surface area contributed by atoms with E-state index < -0.39 is 36.3 Å². The Labute approximate surface area is 222 Å². The number of aliphatic hydroxyl groups is 1. The number of carboxylic acid groups (broad SMARTS) is 3. The van der Waals surface area contributed by atoms with Gasteiger partial charge in [-0.2, -0.15) is 0 Å². The van der Waals surface area contributed by atoms with Crippen LogP contribution in [-0.2, 0) is 14.4 Å². The second kappa shape index (κ2) is 13.3. The average Bonchev–Trinajstić information content (AvgIpc) is 2.01. The van der Waals surface area contributed by atoms with E-state index in [9.17, 15) is 29.7 Å². The molecule has 0 spiro atoms. The Hall–Kier alpha value is 3.28. The number of carbonyl (C=O) groups excluding carboxylic acids is 3. The summed E-state index contributed by atoms with van der Waals surface area (Å²) in [4.78, 5) is 30.6. The molecular weight excluding hydrogens is 301 g/mol. The molecule has 0 aliphatic carbocycles. The molecule has 0 heterocycles. The van der Waals surface area contributed by atoms with Crippen LogP contribution in [0, 0.1) is 0 Å². The van der Waals surface area contributed by atoms with Crippen LogP contribution in [0.1, 0.15) is 15.5 Å². The van der Waals surface area contributed by atoms with Crippen LogP contribution in [0.25, 0.3) is 0 Å². The molecule has 1 atom stereocenters. The van der Waals surface area contributed by atoms with Gasteiger partial charge in [0.1, 0.15) is 5.60 Å². The van der Waals surface area contributed by atoms with Gasteiger partial charge in [-0.25, -0.2) is 0 Å². The van der Waals surface area contributed by atoms with Crippen LogP contribution >= 0.6 is 0 Å². The Morgan fingerprint density at radius 1 is 1.06 bits per heavy atom. The van der Waals surface area contributed by atoms with Crippen LogP contribution < -0.4 is 169 Å². The third-order valence-corrected chi connectivity index (χ3v) is 1.05. The molecule has 1 unspecified atom stereocenters. The number of carboxylic acids is 3. The molecule has 10 heteroatoms. The largest absolute Gasteiger partial charge is 1.00 e. The fourth-order valence-electron chi connectivity index (χ4n) is 0.545. The van der Waals surface area contributed by atoms with Gasteiger partial charge in [0, 0.05) is 27.5 Å². The van der Waals surface area contributed by atoms with E-state index in [-0.39, 0.29) is 154 Å². The van der Waals surface area contributed by atoms with Crippen molar-refractivity contribution in [1.29, 1.82) is 0 Å². The van der Waals surface area contributed by atoms with E-state index in [1.807, 2.05) is 0 Å². The molecule has 0 radical (unpaired) electrons. The fraction of sp³-hybridized carbons (Fsp3) is 0.500. The fourth-order valence-corrected chi connectivity index (χ4v) is 0.545. The van der Waals surface area contributed by atoms with Gasteiger partial charge in [0.05, 0.1) is 5.97 Å². The first-order chi connectivity index (χ1) is 6.55. The second-order valence-corrected chi connectivity index (χ2v) is 2.11. The van der Waals surface area contributed by atoms with Gasteiger partial charge in [0.25, 0.3) is 0 Å². The van der Waals surface area contributed by atoms with Gasteiger partial charge in [-0.15, -0.1) is 0 Å². The summed E-state index contributed by atoms with van der Waals surface area (Å²) in [6.07, 6.45) is -5.58. The topological polar surface area (TPSA) is 141 Å². The molecule has 0 saturated heterocycles. The van der Waals surface area contributed by atoms with Crippen molar-refractivity contribution in [2.75, 3.05) is 0 Å². The van der Waals surface area contributed by atoms with E-state index in [1.165, 1.54) is 0 Å². The summed E-state index contributed by atoms with van der Waals surface area (Å²) < 4.78 is 13.4. The zero-order valence-electron chi connectivity index (χ0n) is 11.1. The third kappa shape index (κ3) is 12.3. The smallest absolute Gasteiger partial charge is 0.550 e. The quantitative estimate of drug-likeness (QED) is 0.497. The SMILES string of the molecule is [2H]C([2H])(C(=O)[O-])C(O)(CC(=O)[O-])C(=O)[O-].[K+].[K+].[K+]. The van der Waals surface area contributed by atoms with Crippen LogP contribution in [0.4, 0.5) is 0 Å². The summed E-state index contributed by atoms with van der Waals surface area (Å²) in [6, 6.07) is 0. The predicted molar refractivity (Wildman–Crippen MR) is 29.2 cm³/mol. The molecule has 0 aliphatic heterocycles. The van der Waals surface area contributed by atoms with E-state index in [4.69, 9.17) is 7.85 Å². The number of hydrogen-bond donors (Lipinski definition) is 1. The molecule has 0 saturated carbocycles. The summed E-state index contributed by atoms with van der Waals surface area (Å²) in [7, 11) is 0. The van der Waals surface area contributed by atoms with Crippen molar-refractivity contribution < 1.29 is 192 Å². The summed E-state index contributed by atoms with van der Waals surface area (Å²) in [6.45, 7) is 0. The van der Waals surface area contributed by atoms with Gasteiger partial charge in [-0.3, -0.25) is 0 Å². The number of rotatable bonds is 5. The van der Waals surface area contributed by atoms with E-state index in [1.54, 1.807) is 0 Å². The molecule has 0 fully saturated rings. The standard InChI is InChI=1S/C6H8O7.3K/c7-3(8)1-6(13,5(11)12)2-4(9)10;;;/h13H,1-2H2,(H,7,8)(H,9,10)(H,11,12);;;/q;3*+1/p-3/i1D2;;;. The Bertz CT molecular complexity index is 324. The van der Waals surface area contributed by atoms with Gasteiger partial charge < -0.3 is 34.8 Å². The van der Waals surface area contributed by atoms with Crippen LogP contribution in [-0.4, -0.2) is 28.6 Å². The summed E-state index contributed by atoms with van der Waals surface area (Å²) in [5.74, 6) is -7.30. The summed E-state index contributed by atoms with van der Waals surface area (Å²) in [5, 5.41) is 39.7. The number of carbonyl (C=O) groups is 3. The van der Waals surface area contributed by atoms with Gasteiger partial charge in [0.15, 0.2) is 0 Å². The van der Waals surface area contributed by atoms with Gasteiger partial charge in [0.2, 0.25) is 0 Å². The normalized spacial score (nSPS) is 14.6. The van der Waals surface area contributed by atoms with Crippen molar-refractivity contribution >= 4 is 17.9 Å². The Balaban J connectivity index is -0.000000327. The van der Waals surface area contributed by atoms with Crippen molar-refractivity contribution in [3.05, 3.63) is 0 Å². The molecule has 0 amide bonds. The number of hydrogen-bond acceptors (Lipinski definition) is 7. The molecule has 0 aromatic heterocycles. The first-order valence-electron chi connectivity index (χ1n) is 3.91. The van der Waals surface area contributed by atoms with Crippen molar-refractivity contribution in [3.8, 4) is 0 Å². The maximum atomic E-state index is 10.3. The molecule has 0 aliphatic rings. The predicted octanol–water partition coefficient (Wildman–Crippen LogP) is -14.2. The van der Waals surface area contributed by atoms with Crippen LogP contribution in [0.5, 0.6) is 0 Å². The molecule has 7 nitrogen and oxygen atoms in total. The minimum absolute atomic E-state index is 0. The van der Waals surface area contributed by atoms with Gasteiger partial charge in [-0.05, 0) is 0 Å². The van der Waals surface area contributed by atoms with E-state index in [0.717, 1.165) is 0 Å². The maximum absolute atomic E-state index is 10.3. The van der Waals surface area contributed by atoms with Crippen molar-refractivity contribution in [2.45, 2.75) is 18.4 Å². The average molecular weight is 308 g/mol. The first-order valence-corrected chi connectivity index (χ1v) is 2.91. The van der Waals surface area contributed by atoms with E-state index >= 15 is 0 Å². The molecule has 0 bridgehead atoms. The zero-order valence-corrected chi connectivity index (χ0v) is 18.5. The molecule has 1 N–H and O–H groups in total. The first kappa shape index (κ1) is 21.6. The third-order valence-electron chi connectivity index (χ3n) is 1.05. The maximum Gasteiger partial charge on any atom is 1.00 e. The molecule has 0 rings (SSSR count). The molecule has 0 aromatic rings. The van der Waals surface area contributed by atoms with E-state index in [2.05, 4.69) is 0 Å². The van der Waals surface area contributed by atoms with Gasteiger partial charge >= 0.3 is 154 Å². The van der Waals surface area contributed by atoms with Crippen LogP contribution in [0.2, 0.25) is 0 Å². The Morgan fingerprint density at radius 2 is 1.44 bits per heavy atom. The van der Waals surface area contributed by atoms with E-state index in [0.29, 0.717) is 0 Å². The Morgan fingerprint density at radius 3 is 1.62 bits per heavy atom. The van der Waals surface area contributed by atoms with Crippen LogP contribution in [0.15, 0.2) is 0 Å². The van der Waals surface area contributed by atoms with Crippen LogP contribution in [0.3, 0.4) is 0 Å².